The molecule has 7 heteroatoms. The normalized spacial score (nSPS) is 11.1. The summed E-state index contributed by atoms with van der Waals surface area (Å²) in [6, 6.07) is 10.7. The van der Waals surface area contributed by atoms with Gasteiger partial charge in [-0.15, -0.1) is 0 Å². The maximum absolute atomic E-state index is 12.0. The van der Waals surface area contributed by atoms with Crippen molar-refractivity contribution in [3.8, 4) is 5.75 Å². The molecule has 0 aliphatic rings. The fourth-order valence-electron chi connectivity index (χ4n) is 1.46. The Morgan fingerprint density at radius 1 is 1.10 bits per heavy atom. The van der Waals surface area contributed by atoms with Crippen molar-refractivity contribution in [3.63, 3.8) is 0 Å². The minimum absolute atomic E-state index is 0.0613. The minimum Gasteiger partial charge on any atom is -0.478 e. The second kappa shape index (κ2) is 5.52. The highest BCUT2D eigenvalue weighted by Gasteiger charge is 2.17. The Labute approximate surface area is 120 Å². The molecular formula is C13H9ClO5S. The highest BCUT2D eigenvalue weighted by atomic mass is 35.5. The zero-order chi connectivity index (χ0) is 14.8. The van der Waals surface area contributed by atoms with Gasteiger partial charge in [0.2, 0.25) is 0 Å². The molecule has 104 valence electrons. The number of halogens is 1. The second-order valence-electron chi connectivity index (χ2n) is 3.82. The maximum atomic E-state index is 12.0. The Morgan fingerprint density at radius 2 is 1.75 bits per heavy atom. The van der Waals surface area contributed by atoms with Gasteiger partial charge in [0, 0.05) is 5.02 Å². The average Bonchev–Trinajstić information content (AvgIpc) is 2.39. The first-order valence-corrected chi connectivity index (χ1v) is 7.20. The summed E-state index contributed by atoms with van der Waals surface area (Å²) in [6.07, 6.45) is 0. The van der Waals surface area contributed by atoms with Crippen molar-refractivity contribution in [2.24, 2.45) is 0 Å². The third kappa shape index (κ3) is 3.28. The van der Waals surface area contributed by atoms with E-state index in [2.05, 4.69) is 0 Å². The van der Waals surface area contributed by atoms with Gasteiger partial charge in [-0.25, -0.2) is 4.79 Å². The lowest BCUT2D eigenvalue weighted by Gasteiger charge is -2.07. The van der Waals surface area contributed by atoms with E-state index >= 15 is 0 Å². The Morgan fingerprint density at radius 3 is 2.35 bits per heavy atom. The molecule has 0 bridgehead atoms. The highest BCUT2D eigenvalue weighted by Crippen LogP contribution is 2.21. The van der Waals surface area contributed by atoms with Crippen LogP contribution >= 0.6 is 11.6 Å². The van der Waals surface area contributed by atoms with Gasteiger partial charge < -0.3 is 9.29 Å². The van der Waals surface area contributed by atoms with Crippen LogP contribution in [0.5, 0.6) is 5.75 Å². The van der Waals surface area contributed by atoms with Crippen molar-refractivity contribution < 1.29 is 22.5 Å². The van der Waals surface area contributed by atoms with Crippen molar-refractivity contribution in [1.82, 2.24) is 0 Å². The van der Waals surface area contributed by atoms with Gasteiger partial charge in [0.25, 0.3) is 0 Å². The standard InChI is InChI=1S/C13H9ClO5S/c14-10-4-6-12(7-5-10)20(17,18)19-11-3-1-2-9(8-11)13(15)16/h1-8H,(H,15,16). The predicted octanol–water partition coefficient (Wildman–Crippen LogP) is 2.81. The molecule has 2 aromatic carbocycles. The van der Waals surface area contributed by atoms with Crippen molar-refractivity contribution in [2.45, 2.75) is 4.90 Å². The summed E-state index contributed by atoms with van der Waals surface area (Å²) in [5.74, 6) is -1.24. The van der Waals surface area contributed by atoms with Gasteiger partial charge in [-0.3, -0.25) is 0 Å². The first-order chi connectivity index (χ1) is 9.38. The van der Waals surface area contributed by atoms with E-state index in [9.17, 15) is 13.2 Å². The maximum Gasteiger partial charge on any atom is 0.339 e. The fraction of sp³-hybridized carbons (Fsp3) is 0. The molecule has 0 saturated heterocycles. The van der Waals surface area contributed by atoms with Crippen LogP contribution in [0.3, 0.4) is 0 Å². The van der Waals surface area contributed by atoms with Gasteiger partial charge in [0.05, 0.1) is 5.56 Å². The van der Waals surface area contributed by atoms with E-state index < -0.39 is 16.1 Å². The first kappa shape index (κ1) is 14.4. The number of carboxylic acids is 1. The van der Waals surface area contributed by atoms with Crippen LogP contribution in [0.2, 0.25) is 5.02 Å². The van der Waals surface area contributed by atoms with Gasteiger partial charge in [-0.1, -0.05) is 17.7 Å². The second-order valence-corrected chi connectivity index (χ2v) is 5.81. The zero-order valence-electron chi connectivity index (χ0n) is 9.99. The van der Waals surface area contributed by atoms with Crippen molar-refractivity contribution >= 4 is 27.7 Å². The number of carbonyl (C=O) groups is 1. The molecule has 2 rings (SSSR count). The zero-order valence-corrected chi connectivity index (χ0v) is 11.6. The summed E-state index contributed by atoms with van der Waals surface area (Å²) in [4.78, 5) is 10.7. The van der Waals surface area contributed by atoms with Crippen molar-refractivity contribution in [2.75, 3.05) is 0 Å². The summed E-state index contributed by atoms with van der Waals surface area (Å²) in [6.45, 7) is 0. The summed E-state index contributed by atoms with van der Waals surface area (Å²) in [7, 11) is -4.02. The Kier molecular flexibility index (Phi) is 3.96. The van der Waals surface area contributed by atoms with Gasteiger partial charge in [-0.2, -0.15) is 8.42 Å². The van der Waals surface area contributed by atoms with Crippen LogP contribution in [-0.4, -0.2) is 19.5 Å². The first-order valence-electron chi connectivity index (χ1n) is 5.42. The van der Waals surface area contributed by atoms with Crippen LogP contribution in [-0.2, 0) is 10.1 Å². The fourth-order valence-corrected chi connectivity index (χ4v) is 2.51. The van der Waals surface area contributed by atoms with Gasteiger partial charge in [-0.05, 0) is 42.5 Å². The summed E-state index contributed by atoms with van der Waals surface area (Å²) >= 11 is 5.68. The number of carboxylic acid groups (broad SMARTS) is 1. The average molecular weight is 313 g/mol. The minimum atomic E-state index is -4.02. The van der Waals surface area contributed by atoms with Gasteiger partial charge >= 0.3 is 16.1 Å². The van der Waals surface area contributed by atoms with Crippen LogP contribution in [0.15, 0.2) is 53.4 Å². The van der Waals surface area contributed by atoms with E-state index in [1.807, 2.05) is 0 Å². The number of benzene rings is 2. The summed E-state index contributed by atoms with van der Waals surface area (Å²) < 4.78 is 28.8. The Bertz CT molecular complexity index is 738. The molecule has 0 saturated carbocycles. The third-order valence-corrected chi connectivity index (χ3v) is 3.90. The number of hydrogen-bond acceptors (Lipinski definition) is 4. The highest BCUT2D eigenvalue weighted by molar-refractivity contribution is 7.87. The lowest BCUT2D eigenvalue weighted by atomic mass is 10.2. The van der Waals surface area contributed by atoms with Crippen LogP contribution in [0.1, 0.15) is 10.4 Å². The lowest BCUT2D eigenvalue weighted by molar-refractivity contribution is 0.0696. The van der Waals surface area contributed by atoms with E-state index in [1.165, 1.54) is 42.5 Å². The SMILES string of the molecule is O=C(O)c1cccc(OS(=O)(=O)c2ccc(Cl)cc2)c1. The lowest BCUT2D eigenvalue weighted by Crippen LogP contribution is -2.10. The molecule has 0 radical (unpaired) electrons. The molecular weight excluding hydrogens is 304 g/mol. The quantitative estimate of drug-likeness (QED) is 0.878. The van der Waals surface area contributed by atoms with Crippen LogP contribution < -0.4 is 4.18 Å². The van der Waals surface area contributed by atoms with E-state index in [4.69, 9.17) is 20.9 Å². The van der Waals surface area contributed by atoms with Crippen LogP contribution in [0.25, 0.3) is 0 Å². The van der Waals surface area contributed by atoms with Crippen molar-refractivity contribution in [1.29, 1.82) is 0 Å². The Hall–Kier alpha value is -2.05. The molecule has 0 aliphatic heterocycles. The molecule has 0 fully saturated rings. The molecule has 0 heterocycles. The molecule has 0 unspecified atom stereocenters. The van der Waals surface area contributed by atoms with Crippen LogP contribution in [0, 0.1) is 0 Å². The van der Waals surface area contributed by atoms with Gasteiger partial charge in [0.1, 0.15) is 10.6 Å². The number of hydrogen-bond donors (Lipinski definition) is 1. The molecule has 5 nitrogen and oxygen atoms in total. The van der Waals surface area contributed by atoms with E-state index in [0.717, 1.165) is 6.07 Å². The van der Waals surface area contributed by atoms with Crippen molar-refractivity contribution in [3.05, 3.63) is 59.1 Å². The molecule has 2 aromatic rings. The van der Waals surface area contributed by atoms with E-state index in [-0.39, 0.29) is 16.2 Å². The molecule has 1 N–H and O–H groups in total. The monoisotopic (exact) mass is 312 g/mol. The van der Waals surface area contributed by atoms with E-state index in [1.54, 1.807) is 0 Å². The molecule has 0 amide bonds. The summed E-state index contributed by atoms with van der Waals surface area (Å²) in [5.41, 5.74) is -0.0613. The largest absolute Gasteiger partial charge is 0.478 e. The molecule has 20 heavy (non-hydrogen) atoms. The topological polar surface area (TPSA) is 80.7 Å². The predicted molar refractivity (Wildman–Crippen MR) is 72.7 cm³/mol. The smallest absolute Gasteiger partial charge is 0.339 e. The molecule has 0 atom stereocenters. The van der Waals surface area contributed by atoms with Crippen LogP contribution in [0.4, 0.5) is 0 Å². The molecule has 0 spiro atoms. The molecule has 0 aromatic heterocycles. The number of rotatable bonds is 4. The number of aromatic carboxylic acids is 1. The summed E-state index contributed by atoms with van der Waals surface area (Å²) in [5, 5.41) is 9.24. The van der Waals surface area contributed by atoms with E-state index in [0.29, 0.717) is 5.02 Å². The Balaban J connectivity index is 2.31. The van der Waals surface area contributed by atoms with Gasteiger partial charge in [0.15, 0.2) is 0 Å². The molecule has 0 aliphatic carbocycles. The third-order valence-electron chi connectivity index (χ3n) is 2.39.